The summed E-state index contributed by atoms with van der Waals surface area (Å²) in [5.74, 6) is 0.00960. The van der Waals surface area contributed by atoms with Gasteiger partial charge in [-0.05, 0) is 47.9 Å². The molecule has 1 aliphatic heterocycles. The summed E-state index contributed by atoms with van der Waals surface area (Å²) in [5.41, 5.74) is 1.18. The molecule has 4 nitrogen and oxygen atoms in total. The van der Waals surface area contributed by atoms with Crippen molar-refractivity contribution in [2.24, 2.45) is 4.99 Å². The third-order valence-corrected chi connectivity index (χ3v) is 6.89. The normalized spacial score (nSPS) is 15.0. The number of nitrogens with zero attached hydrogens (tertiary/aromatic N) is 2. The number of amides is 1. The topological polar surface area (TPSA) is 41.9 Å². The lowest BCUT2D eigenvalue weighted by atomic mass is 10.2. The lowest BCUT2D eigenvalue weighted by Gasteiger charge is -2.19. The fourth-order valence-electron chi connectivity index (χ4n) is 2.93. The highest BCUT2D eigenvalue weighted by molar-refractivity contribution is 8.13. The lowest BCUT2D eigenvalue weighted by Crippen LogP contribution is -2.30. The van der Waals surface area contributed by atoms with E-state index in [9.17, 15) is 9.18 Å². The van der Waals surface area contributed by atoms with Crippen molar-refractivity contribution in [2.75, 3.05) is 12.0 Å². The summed E-state index contributed by atoms with van der Waals surface area (Å²) >= 11 is 15.2. The highest BCUT2D eigenvalue weighted by Crippen LogP contribution is 2.36. The number of methoxy groups -OCH3 is 1. The Morgan fingerprint density at radius 2 is 2.03 bits per heavy atom. The molecule has 1 aliphatic rings. The summed E-state index contributed by atoms with van der Waals surface area (Å²) in [4.78, 5) is 20.1. The van der Waals surface area contributed by atoms with Crippen molar-refractivity contribution < 1.29 is 13.9 Å². The van der Waals surface area contributed by atoms with E-state index in [-0.39, 0.29) is 17.4 Å². The van der Waals surface area contributed by atoms with Gasteiger partial charge in [-0.2, -0.15) is 0 Å². The van der Waals surface area contributed by atoms with Crippen molar-refractivity contribution in [3.05, 3.63) is 85.9 Å². The first-order chi connectivity index (χ1) is 15.0. The molecule has 0 saturated heterocycles. The van der Waals surface area contributed by atoms with Crippen molar-refractivity contribution in [3.8, 4) is 5.75 Å². The van der Waals surface area contributed by atoms with Crippen LogP contribution >= 0.6 is 46.3 Å². The fraction of sp³-hybridized carbons (Fsp3) is 0.0909. The maximum atomic E-state index is 14.2. The fourth-order valence-corrected chi connectivity index (χ4v) is 5.19. The second-order valence-corrected chi connectivity index (χ2v) is 9.12. The number of amidine groups is 1. The van der Waals surface area contributed by atoms with E-state index in [0.717, 1.165) is 4.88 Å². The predicted octanol–water partition coefficient (Wildman–Crippen LogP) is 6.88. The van der Waals surface area contributed by atoms with Gasteiger partial charge < -0.3 is 4.74 Å². The highest BCUT2D eigenvalue weighted by atomic mass is 35.5. The molecule has 0 saturated carbocycles. The number of thioether (sulfide) groups is 1. The van der Waals surface area contributed by atoms with Crippen LogP contribution in [0.15, 0.2) is 64.6 Å². The number of hydrogen-bond acceptors (Lipinski definition) is 5. The Balaban J connectivity index is 1.70. The van der Waals surface area contributed by atoms with Gasteiger partial charge in [-0.25, -0.2) is 9.38 Å². The quantitative estimate of drug-likeness (QED) is 0.364. The Labute approximate surface area is 197 Å². The molecule has 4 rings (SSSR count). The number of carbonyl (C=O) groups excluding carboxylic acids is 1. The van der Waals surface area contributed by atoms with Crippen LogP contribution in [0.1, 0.15) is 10.4 Å². The lowest BCUT2D eigenvalue weighted by molar-refractivity contribution is -0.113. The number of benzene rings is 2. The Hall–Kier alpha value is -2.32. The van der Waals surface area contributed by atoms with Gasteiger partial charge in [-0.15, -0.1) is 11.3 Å². The summed E-state index contributed by atoms with van der Waals surface area (Å²) in [7, 11) is 1.52. The van der Waals surface area contributed by atoms with Gasteiger partial charge in [0, 0.05) is 21.2 Å². The number of rotatable bonds is 5. The number of hydrogen-bond donors (Lipinski definition) is 0. The van der Waals surface area contributed by atoms with Gasteiger partial charge in [0.05, 0.1) is 17.8 Å². The molecule has 31 heavy (non-hydrogen) atoms. The van der Waals surface area contributed by atoms with Gasteiger partial charge in [-0.1, -0.05) is 47.1 Å². The van der Waals surface area contributed by atoms with Crippen LogP contribution in [0, 0.1) is 5.82 Å². The number of aliphatic imine (C=N–C) groups is 1. The molecular weight excluding hydrogens is 478 g/mol. The maximum Gasteiger partial charge on any atom is 0.283 e. The smallest absolute Gasteiger partial charge is 0.283 e. The van der Waals surface area contributed by atoms with Crippen molar-refractivity contribution in [2.45, 2.75) is 5.75 Å². The number of ether oxygens (including phenoxy) is 1. The average molecular weight is 493 g/mol. The van der Waals surface area contributed by atoms with Crippen molar-refractivity contribution in [3.63, 3.8) is 0 Å². The van der Waals surface area contributed by atoms with E-state index in [1.807, 2.05) is 17.5 Å². The third-order valence-electron chi connectivity index (χ3n) is 4.45. The monoisotopic (exact) mass is 492 g/mol. The van der Waals surface area contributed by atoms with Crippen LogP contribution in [0.4, 0.5) is 10.1 Å². The van der Waals surface area contributed by atoms with E-state index in [1.165, 1.54) is 41.2 Å². The number of halogens is 3. The molecule has 1 aromatic heterocycles. The molecule has 0 unspecified atom stereocenters. The molecule has 0 fully saturated rings. The van der Waals surface area contributed by atoms with Crippen LogP contribution < -0.4 is 9.64 Å². The first-order valence-electron chi connectivity index (χ1n) is 9.05. The maximum absolute atomic E-state index is 14.2. The van der Waals surface area contributed by atoms with Gasteiger partial charge in [0.2, 0.25) is 0 Å². The van der Waals surface area contributed by atoms with Crippen LogP contribution in [0.3, 0.4) is 0 Å². The number of anilines is 1. The summed E-state index contributed by atoms with van der Waals surface area (Å²) in [6.07, 6.45) is 1.73. The van der Waals surface area contributed by atoms with E-state index in [2.05, 4.69) is 4.99 Å². The third kappa shape index (κ3) is 4.65. The van der Waals surface area contributed by atoms with Gasteiger partial charge >= 0.3 is 0 Å². The standard InChI is InChI=1S/C22H15Cl2FN2O2S2/c1-29-20-8-7-13(10-17(20)24)27-21(28)19(11-14-4-3-9-30-14)26-22(27)31-12-15-16(23)5-2-6-18(15)25/h2-11H,12H2,1H3. The van der Waals surface area contributed by atoms with E-state index in [0.29, 0.717) is 32.2 Å². The average Bonchev–Trinajstić information content (AvgIpc) is 3.36. The molecule has 0 bridgehead atoms. The minimum absolute atomic E-state index is 0.213. The Kier molecular flexibility index (Phi) is 6.67. The summed E-state index contributed by atoms with van der Waals surface area (Å²) in [5, 5.41) is 3.02. The first-order valence-corrected chi connectivity index (χ1v) is 11.7. The first kappa shape index (κ1) is 21.9. The SMILES string of the molecule is COc1ccc(N2C(=O)C(=Cc3cccs3)N=C2SCc2c(F)cccc2Cl)cc1Cl. The van der Waals surface area contributed by atoms with Crippen LogP contribution in [0.25, 0.3) is 6.08 Å². The molecular formula is C22H15Cl2FN2O2S2. The van der Waals surface area contributed by atoms with Crippen molar-refractivity contribution in [1.82, 2.24) is 0 Å². The minimum Gasteiger partial charge on any atom is -0.495 e. The molecule has 0 radical (unpaired) electrons. The van der Waals surface area contributed by atoms with Crippen molar-refractivity contribution in [1.29, 1.82) is 0 Å². The number of thiophene rings is 1. The second-order valence-electron chi connectivity index (χ2n) is 6.39. The molecule has 2 aromatic carbocycles. The zero-order chi connectivity index (χ0) is 22.0. The Bertz CT molecular complexity index is 1180. The highest BCUT2D eigenvalue weighted by Gasteiger charge is 2.32. The zero-order valence-electron chi connectivity index (χ0n) is 16.1. The molecule has 0 atom stereocenters. The predicted molar refractivity (Wildman–Crippen MR) is 128 cm³/mol. The minimum atomic E-state index is -0.404. The second kappa shape index (κ2) is 9.44. The molecule has 0 aliphatic carbocycles. The molecule has 2 heterocycles. The van der Waals surface area contributed by atoms with E-state index < -0.39 is 5.82 Å². The van der Waals surface area contributed by atoms with Gasteiger partial charge in [0.1, 0.15) is 17.3 Å². The largest absolute Gasteiger partial charge is 0.495 e. The van der Waals surface area contributed by atoms with Crippen LogP contribution in [0.5, 0.6) is 5.75 Å². The molecule has 158 valence electrons. The molecule has 1 amide bonds. The molecule has 0 spiro atoms. The van der Waals surface area contributed by atoms with E-state index in [4.69, 9.17) is 27.9 Å². The molecule has 3 aromatic rings. The Morgan fingerprint density at radius 1 is 1.19 bits per heavy atom. The van der Waals surface area contributed by atoms with Crippen LogP contribution in [-0.4, -0.2) is 18.2 Å². The summed E-state index contributed by atoms with van der Waals surface area (Å²) < 4.78 is 19.4. The van der Waals surface area contributed by atoms with E-state index >= 15 is 0 Å². The molecule has 9 heteroatoms. The van der Waals surface area contributed by atoms with E-state index in [1.54, 1.807) is 36.4 Å². The Morgan fingerprint density at radius 3 is 2.71 bits per heavy atom. The van der Waals surface area contributed by atoms with Gasteiger partial charge in [-0.3, -0.25) is 9.69 Å². The number of carbonyl (C=O) groups is 1. The zero-order valence-corrected chi connectivity index (χ0v) is 19.3. The van der Waals surface area contributed by atoms with Gasteiger partial charge in [0.25, 0.3) is 5.91 Å². The summed E-state index contributed by atoms with van der Waals surface area (Å²) in [6.45, 7) is 0. The summed E-state index contributed by atoms with van der Waals surface area (Å²) in [6, 6.07) is 13.4. The van der Waals surface area contributed by atoms with Crippen LogP contribution in [-0.2, 0) is 10.5 Å². The van der Waals surface area contributed by atoms with Crippen molar-refractivity contribution >= 4 is 69.1 Å². The van der Waals surface area contributed by atoms with Crippen LogP contribution in [0.2, 0.25) is 10.0 Å². The van der Waals surface area contributed by atoms with Gasteiger partial charge in [0.15, 0.2) is 5.17 Å². The molecule has 0 N–H and O–H groups in total.